The molecule has 94 valence electrons. The zero-order valence-corrected chi connectivity index (χ0v) is 11.8. The fraction of sp³-hybridized carbons (Fsp3) is 0.250. The van der Waals surface area contributed by atoms with Crippen LogP contribution in [0.3, 0.4) is 0 Å². The molecule has 0 radical (unpaired) electrons. The molecule has 2 heteroatoms. The third-order valence-corrected chi connectivity index (χ3v) is 4.15. The lowest BCUT2D eigenvalue weighted by Gasteiger charge is -2.07. The van der Waals surface area contributed by atoms with E-state index in [0.717, 1.165) is 17.9 Å². The molecule has 0 aliphatic carbocycles. The van der Waals surface area contributed by atoms with Crippen LogP contribution in [0.15, 0.2) is 47.4 Å². The van der Waals surface area contributed by atoms with Crippen molar-refractivity contribution in [2.45, 2.75) is 30.9 Å². The van der Waals surface area contributed by atoms with E-state index in [-0.39, 0.29) is 0 Å². The molecule has 0 aromatic heterocycles. The van der Waals surface area contributed by atoms with Crippen molar-refractivity contribution in [2.24, 2.45) is 0 Å². The zero-order chi connectivity index (χ0) is 13.0. The first-order valence-electron chi connectivity index (χ1n) is 6.26. The van der Waals surface area contributed by atoms with Gasteiger partial charge in [0.1, 0.15) is 0 Å². The Labute approximate surface area is 113 Å². The minimum atomic E-state index is 0.880. The van der Waals surface area contributed by atoms with E-state index in [1.165, 1.54) is 21.6 Å². The molecule has 0 bridgehead atoms. The van der Waals surface area contributed by atoms with Gasteiger partial charge in [0.15, 0.2) is 0 Å². The Morgan fingerprint density at radius 1 is 1.00 bits per heavy atom. The monoisotopic (exact) mass is 257 g/mol. The second-order valence-electron chi connectivity index (χ2n) is 4.50. The fourth-order valence-corrected chi connectivity index (χ4v) is 2.74. The highest BCUT2D eigenvalue weighted by molar-refractivity contribution is 7.98. The summed E-state index contributed by atoms with van der Waals surface area (Å²) in [4.78, 5) is 1.17. The normalized spacial score (nSPS) is 10.6. The van der Waals surface area contributed by atoms with Crippen LogP contribution in [0, 0.1) is 6.92 Å². The van der Waals surface area contributed by atoms with Crippen molar-refractivity contribution in [1.82, 2.24) is 0 Å². The van der Waals surface area contributed by atoms with Crippen LogP contribution in [0.4, 0.5) is 5.69 Å². The Morgan fingerprint density at radius 2 is 1.67 bits per heavy atom. The van der Waals surface area contributed by atoms with Crippen LogP contribution in [-0.2, 0) is 12.2 Å². The lowest BCUT2D eigenvalue weighted by atomic mass is 10.1. The number of aryl methyl sites for hydroxylation is 2. The van der Waals surface area contributed by atoms with Gasteiger partial charge in [-0.1, -0.05) is 37.3 Å². The Bertz CT molecular complexity index is 517. The van der Waals surface area contributed by atoms with E-state index in [1.54, 1.807) is 11.8 Å². The van der Waals surface area contributed by atoms with E-state index >= 15 is 0 Å². The van der Waals surface area contributed by atoms with Crippen molar-refractivity contribution >= 4 is 17.4 Å². The smallest absolute Gasteiger partial charge is 0.0454 e. The highest BCUT2D eigenvalue weighted by atomic mass is 32.2. The molecule has 0 spiro atoms. The average molecular weight is 257 g/mol. The van der Waals surface area contributed by atoms with E-state index in [4.69, 9.17) is 5.73 Å². The SMILES string of the molecule is CCc1ccc(CSc2ccc(C)cc2N)cc1. The van der Waals surface area contributed by atoms with E-state index in [9.17, 15) is 0 Å². The summed E-state index contributed by atoms with van der Waals surface area (Å²) < 4.78 is 0. The molecule has 1 nitrogen and oxygen atoms in total. The second-order valence-corrected chi connectivity index (χ2v) is 5.52. The average Bonchev–Trinajstić information content (AvgIpc) is 2.38. The summed E-state index contributed by atoms with van der Waals surface area (Å²) in [6.45, 7) is 4.24. The second kappa shape index (κ2) is 5.96. The van der Waals surface area contributed by atoms with Gasteiger partial charge in [-0.2, -0.15) is 0 Å². The first-order valence-corrected chi connectivity index (χ1v) is 7.24. The van der Waals surface area contributed by atoms with Crippen molar-refractivity contribution in [3.63, 3.8) is 0 Å². The van der Waals surface area contributed by atoms with E-state index < -0.39 is 0 Å². The summed E-state index contributed by atoms with van der Waals surface area (Å²) in [5, 5.41) is 0. The van der Waals surface area contributed by atoms with E-state index in [0.29, 0.717) is 0 Å². The first kappa shape index (κ1) is 13.0. The van der Waals surface area contributed by atoms with E-state index in [1.807, 2.05) is 6.07 Å². The summed E-state index contributed by atoms with van der Waals surface area (Å²) in [6, 6.07) is 15.1. The van der Waals surface area contributed by atoms with Crippen LogP contribution in [0.1, 0.15) is 23.6 Å². The van der Waals surface area contributed by atoms with Crippen molar-refractivity contribution in [3.8, 4) is 0 Å². The lowest BCUT2D eigenvalue weighted by Crippen LogP contribution is -1.90. The number of thioether (sulfide) groups is 1. The molecule has 0 saturated carbocycles. The summed E-state index contributed by atoms with van der Waals surface area (Å²) in [6.07, 6.45) is 1.10. The molecule has 2 aromatic carbocycles. The van der Waals surface area contributed by atoms with Gasteiger partial charge >= 0.3 is 0 Å². The number of nitrogens with two attached hydrogens (primary N) is 1. The van der Waals surface area contributed by atoms with Crippen LogP contribution in [0.25, 0.3) is 0 Å². The molecular weight excluding hydrogens is 238 g/mol. The third-order valence-electron chi connectivity index (χ3n) is 2.99. The van der Waals surface area contributed by atoms with Crippen LogP contribution in [0.5, 0.6) is 0 Å². The first-order chi connectivity index (χ1) is 8.69. The summed E-state index contributed by atoms with van der Waals surface area (Å²) in [7, 11) is 0. The molecule has 0 unspecified atom stereocenters. The Morgan fingerprint density at radius 3 is 2.28 bits per heavy atom. The predicted molar refractivity (Wildman–Crippen MR) is 81.0 cm³/mol. The van der Waals surface area contributed by atoms with Crippen LogP contribution >= 0.6 is 11.8 Å². The largest absolute Gasteiger partial charge is 0.398 e. The predicted octanol–water partition coefficient (Wildman–Crippen LogP) is 4.43. The van der Waals surface area contributed by atoms with Crippen molar-refractivity contribution in [2.75, 3.05) is 5.73 Å². The summed E-state index contributed by atoms with van der Waals surface area (Å²) in [5.74, 6) is 0.969. The lowest BCUT2D eigenvalue weighted by molar-refractivity contribution is 1.13. The number of benzene rings is 2. The molecule has 2 N–H and O–H groups in total. The van der Waals surface area contributed by atoms with Crippen molar-refractivity contribution < 1.29 is 0 Å². The Kier molecular flexibility index (Phi) is 4.32. The van der Waals surface area contributed by atoms with Crippen LogP contribution in [-0.4, -0.2) is 0 Å². The quantitative estimate of drug-likeness (QED) is 0.647. The Hall–Kier alpha value is -1.41. The van der Waals surface area contributed by atoms with E-state index in [2.05, 4.69) is 50.2 Å². The number of hydrogen-bond donors (Lipinski definition) is 1. The number of rotatable bonds is 4. The molecule has 0 heterocycles. The highest BCUT2D eigenvalue weighted by Gasteiger charge is 2.01. The summed E-state index contributed by atoms with van der Waals surface area (Å²) >= 11 is 1.80. The number of hydrogen-bond acceptors (Lipinski definition) is 2. The third kappa shape index (κ3) is 3.30. The maximum atomic E-state index is 6.01. The molecule has 0 fully saturated rings. The van der Waals surface area contributed by atoms with Gasteiger partial charge < -0.3 is 5.73 Å². The Balaban J connectivity index is 2.02. The molecule has 2 aromatic rings. The maximum Gasteiger partial charge on any atom is 0.0454 e. The topological polar surface area (TPSA) is 26.0 Å². The maximum absolute atomic E-state index is 6.01. The number of nitrogen functional groups attached to an aromatic ring is 1. The van der Waals surface area contributed by atoms with Gasteiger partial charge in [0, 0.05) is 16.3 Å². The molecule has 0 amide bonds. The standard InChI is InChI=1S/C16H19NS/c1-3-13-5-7-14(8-6-13)11-18-16-9-4-12(2)10-15(16)17/h4-10H,3,11,17H2,1-2H3. The van der Waals surface area contributed by atoms with Gasteiger partial charge in [-0.3, -0.25) is 0 Å². The van der Waals surface area contributed by atoms with Crippen LogP contribution in [0.2, 0.25) is 0 Å². The van der Waals surface area contributed by atoms with Crippen molar-refractivity contribution in [1.29, 1.82) is 0 Å². The van der Waals surface area contributed by atoms with Crippen LogP contribution < -0.4 is 5.73 Å². The number of anilines is 1. The minimum absolute atomic E-state index is 0.880. The van der Waals surface area contributed by atoms with Gasteiger partial charge in [-0.25, -0.2) is 0 Å². The fourth-order valence-electron chi connectivity index (χ4n) is 1.83. The van der Waals surface area contributed by atoms with Gasteiger partial charge in [0.2, 0.25) is 0 Å². The highest BCUT2D eigenvalue weighted by Crippen LogP contribution is 2.28. The summed E-state index contributed by atoms with van der Waals surface area (Å²) in [5.41, 5.74) is 10.8. The molecule has 0 aliphatic heterocycles. The molecule has 18 heavy (non-hydrogen) atoms. The van der Waals surface area contributed by atoms with Gasteiger partial charge in [0.25, 0.3) is 0 Å². The van der Waals surface area contributed by atoms with Gasteiger partial charge in [0.05, 0.1) is 0 Å². The zero-order valence-electron chi connectivity index (χ0n) is 10.9. The molecule has 0 aliphatic rings. The molecule has 2 rings (SSSR count). The minimum Gasteiger partial charge on any atom is -0.398 e. The molecule has 0 atom stereocenters. The van der Waals surface area contributed by atoms with Crippen molar-refractivity contribution in [3.05, 3.63) is 59.2 Å². The van der Waals surface area contributed by atoms with Gasteiger partial charge in [-0.05, 0) is 42.2 Å². The van der Waals surface area contributed by atoms with Gasteiger partial charge in [-0.15, -0.1) is 11.8 Å². The molecule has 0 saturated heterocycles. The molecular formula is C16H19NS.